The van der Waals surface area contributed by atoms with Crippen molar-refractivity contribution in [1.82, 2.24) is 0 Å². The van der Waals surface area contributed by atoms with Gasteiger partial charge < -0.3 is 15.2 Å². The normalized spacial score (nSPS) is 22.6. The molecule has 3 rings (SSSR count). The quantitative estimate of drug-likeness (QED) is 0.814. The number of hydrogen-bond donors (Lipinski definition) is 1. The Bertz CT molecular complexity index is 1100. The zero-order valence-electron chi connectivity index (χ0n) is 17.1. The van der Waals surface area contributed by atoms with Crippen LogP contribution in [0.4, 0.5) is 4.39 Å². The van der Waals surface area contributed by atoms with Crippen LogP contribution in [-0.2, 0) is 15.4 Å². The van der Waals surface area contributed by atoms with E-state index >= 15 is 0 Å². The number of aliphatic imine (C=N–C) groups is 1. The molecule has 156 valence electrons. The van der Waals surface area contributed by atoms with Gasteiger partial charge >= 0.3 is 0 Å². The lowest BCUT2D eigenvalue weighted by Gasteiger charge is -2.38. The molecular weight excluding hydrogens is 395 g/mol. The summed E-state index contributed by atoms with van der Waals surface area (Å²) in [6.45, 7) is 6.48. The highest BCUT2D eigenvalue weighted by molar-refractivity contribution is 7.93. The average Bonchev–Trinajstić information content (AvgIpc) is 2.62. The molecule has 2 N–H and O–H groups in total. The Balaban J connectivity index is 2.06. The van der Waals surface area contributed by atoms with E-state index in [1.165, 1.54) is 39.2 Å². The van der Waals surface area contributed by atoms with Crippen molar-refractivity contribution in [3.05, 3.63) is 53.3 Å². The minimum Gasteiger partial charge on any atom is -0.493 e. The first-order valence-corrected chi connectivity index (χ1v) is 10.8. The van der Waals surface area contributed by atoms with Gasteiger partial charge in [-0.1, -0.05) is 6.07 Å². The molecule has 2 aromatic rings. The first-order chi connectivity index (χ1) is 13.4. The summed E-state index contributed by atoms with van der Waals surface area (Å²) in [6, 6.07) is 9.60. The van der Waals surface area contributed by atoms with Gasteiger partial charge in [0, 0.05) is 5.56 Å². The van der Waals surface area contributed by atoms with E-state index in [0.717, 1.165) is 5.56 Å². The molecule has 1 heterocycles. The Hall–Kier alpha value is -2.61. The second-order valence-corrected chi connectivity index (χ2v) is 10.5. The number of aryl methyl sites for hydroxylation is 1. The number of methoxy groups -OCH3 is 1. The van der Waals surface area contributed by atoms with E-state index in [-0.39, 0.29) is 17.2 Å². The fourth-order valence-corrected chi connectivity index (χ4v) is 4.93. The lowest BCUT2D eigenvalue weighted by molar-refractivity contribution is 0.377. The molecule has 0 saturated heterocycles. The Morgan fingerprint density at radius 2 is 1.79 bits per heavy atom. The van der Waals surface area contributed by atoms with Gasteiger partial charge in [0.1, 0.15) is 27.7 Å². The summed E-state index contributed by atoms with van der Waals surface area (Å²) in [5.74, 6) is 0.342. The zero-order chi connectivity index (χ0) is 21.6. The third kappa shape index (κ3) is 3.69. The molecule has 0 spiro atoms. The topological polar surface area (TPSA) is 91.0 Å². The van der Waals surface area contributed by atoms with Crippen molar-refractivity contribution >= 4 is 15.7 Å². The van der Waals surface area contributed by atoms with Gasteiger partial charge in [-0.05, 0) is 63.6 Å². The Kier molecular flexibility index (Phi) is 5.11. The smallest absolute Gasteiger partial charge is 0.169 e. The number of benzene rings is 2. The summed E-state index contributed by atoms with van der Waals surface area (Å²) < 4.78 is 50.2. The number of nitrogens with two attached hydrogens (primary N) is 1. The number of sulfone groups is 1. The fraction of sp³-hybridized carbons (Fsp3) is 0.381. The number of ether oxygens (including phenoxy) is 2. The van der Waals surface area contributed by atoms with E-state index in [2.05, 4.69) is 4.99 Å². The SMILES string of the molecule is COc1cc(C)ccc1Oc1ccc(F)c(C2(C)CS(=O)(=O)C(C)(C)C(N)=N2)c1. The van der Waals surface area contributed by atoms with Gasteiger partial charge in [-0.25, -0.2) is 12.8 Å². The standard InChI is InChI=1S/C21H25FN2O4S/c1-13-6-9-17(18(10-13)27-5)28-14-7-8-16(22)15(11-14)21(4)12-29(25,26)20(2,3)19(23)24-21/h6-11H,12H2,1-5H3,(H2,23,24). The van der Waals surface area contributed by atoms with Gasteiger partial charge in [0.15, 0.2) is 21.3 Å². The predicted octanol–water partition coefficient (Wildman–Crippen LogP) is 3.71. The van der Waals surface area contributed by atoms with Gasteiger partial charge in [0.25, 0.3) is 0 Å². The summed E-state index contributed by atoms with van der Waals surface area (Å²) in [4.78, 5) is 4.38. The molecule has 0 bridgehead atoms. The molecule has 0 fully saturated rings. The number of amidine groups is 1. The minimum absolute atomic E-state index is 0.0443. The van der Waals surface area contributed by atoms with Crippen molar-refractivity contribution in [2.24, 2.45) is 10.7 Å². The Labute approximate surface area is 170 Å². The minimum atomic E-state index is -3.65. The molecular formula is C21H25FN2O4S. The van der Waals surface area contributed by atoms with Crippen LogP contribution in [0.3, 0.4) is 0 Å². The van der Waals surface area contributed by atoms with E-state index in [0.29, 0.717) is 17.2 Å². The largest absolute Gasteiger partial charge is 0.493 e. The predicted molar refractivity (Wildman–Crippen MR) is 111 cm³/mol. The van der Waals surface area contributed by atoms with Crippen molar-refractivity contribution in [2.45, 2.75) is 38.0 Å². The zero-order valence-corrected chi connectivity index (χ0v) is 17.9. The molecule has 2 aromatic carbocycles. The second-order valence-electron chi connectivity index (χ2n) is 7.94. The molecule has 0 aromatic heterocycles. The van der Waals surface area contributed by atoms with Crippen LogP contribution in [0, 0.1) is 12.7 Å². The van der Waals surface area contributed by atoms with Crippen LogP contribution >= 0.6 is 0 Å². The van der Waals surface area contributed by atoms with Crippen molar-refractivity contribution in [3.8, 4) is 17.2 Å². The van der Waals surface area contributed by atoms with E-state index in [1.807, 2.05) is 19.1 Å². The first kappa shape index (κ1) is 21.1. The van der Waals surface area contributed by atoms with E-state index in [9.17, 15) is 12.8 Å². The highest BCUT2D eigenvalue weighted by atomic mass is 32.2. The molecule has 6 nitrogen and oxygen atoms in total. The molecule has 0 amide bonds. The summed E-state index contributed by atoms with van der Waals surface area (Å²) in [5, 5.41) is 0. The van der Waals surface area contributed by atoms with Gasteiger partial charge in [-0.3, -0.25) is 4.99 Å². The van der Waals surface area contributed by atoms with Crippen molar-refractivity contribution in [2.75, 3.05) is 12.9 Å². The maximum atomic E-state index is 14.7. The van der Waals surface area contributed by atoms with E-state index < -0.39 is 25.9 Å². The Morgan fingerprint density at radius 1 is 1.10 bits per heavy atom. The van der Waals surface area contributed by atoms with Gasteiger partial charge in [-0.15, -0.1) is 0 Å². The lowest BCUT2D eigenvalue weighted by Crippen LogP contribution is -2.54. The highest BCUT2D eigenvalue weighted by Crippen LogP contribution is 2.40. The number of halogens is 1. The van der Waals surface area contributed by atoms with Crippen LogP contribution in [0.1, 0.15) is 31.9 Å². The van der Waals surface area contributed by atoms with Crippen LogP contribution in [0.15, 0.2) is 41.4 Å². The van der Waals surface area contributed by atoms with E-state index in [1.54, 1.807) is 13.0 Å². The average molecular weight is 421 g/mol. The maximum absolute atomic E-state index is 14.7. The molecule has 1 aliphatic heterocycles. The van der Waals surface area contributed by atoms with Crippen LogP contribution in [0.25, 0.3) is 0 Å². The fourth-order valence-electron chi connectivity index (χ4n) is 3.25. The van der Waals surface area contributed by atoms with Crippen molar-refractivity contribution in [3.63, 3.8) is 0 Å². The summed E-state index contributed by atoms with van der Waals surface area (Å²) in [6.07, 6.45) is 0. The molecule has 29 heavy (non-hydrogen) atoms. The van der Waals surface area contributed by atoms with E-state index in [4.69, 9.17) is 15.2 Å². The summed E-state index contributed by atoms with van der Waals surface area (Å²) in [7, 11) is -2.12. The highest BCUT2D eigenvalue weighted by Gasteiger charge is 2.49. The number of rotatable bonds is 4. The second kappa shape index (κ2) is 7.02. The molecule has 8 heteroatoms. The molecule has 1 unspecified atom stereocenters. The van der Waals surface area contributed by atoms with Crippen molar-refractivity contribution < 1.29 is 22.3 Å². The van der Waals surface area contributed by atoms with Crippen LogP contribution in [-0.4, -0.2) is 31.9 Å². The third-order valence-corrected chi connectivity index (χ3v) is 8.00. The third-order valence-electron chi connectivity index (χ3n) is 5.30. The molecule has 0 radical (unpaired) electrons. The van der Waals surface area contributed by atoms with Gasteiger partial charge in [0.2, 0.25) is 0 Å². The van der Waals surface area contributed by atoms with Crippen LogP contribution in [0.2, 0.25) is 0 Å². The molecule has 0 saturated carbocycles. The molecule has 1 atom stereocenters. The van der Waals surface area contributed by atoms with Gasteiger partial charge in [-0.2, -0.15) is 0 Å². The maximum Gasteiger partial charge on any atom is 0.169 e. The number of nitrogens with zero attached hydrogens (tertiary/aromatic N) is 1. The molecule has 0 aliphatic carbocycles. The van der Waals surface area contributed by atoms with Crippen molar-refractivity contribution in [1.29, 1.82) is 0 Å². The molecule has 1 aliphatic rings. The van der Waals surface area contributed by atoms with Crippen LogP contribution in [0.5, 0.6) is 17.2 Å². The monoisotopic (exact) mass is 420 g/mol. The first-order valence-electron chi connectivity index (χ1n) is 9.10. The van der Waals surface area contributed by atoms with Gasteiger partial charge in [0.05, 0.1) is 12.9 Å². The lowest BCUT2D eigenvalue weighted by atomic mass is 9.93. The summed E-state index contributed by atoms with van der Waals surface area (Å²) >= 11 is 0. The number of hydrogen-bond acceptors (Lipinski definition) is 6. The Morgan fingerprint density at radius 3 is 2.41 bits per heavy atom. The van der Waals surface area contributed by atoms with Crippen LogP contribution < -0.4 is 15.2 Å². The summed E-state index contributed by atoms with van der Waals surface area (Å²) in [5.41, 5.74) is 5.70.